The number of terminal acetylenes is 1. The summed E-state index contributed by atoms with van der Waals surface area (Å²) in [5.41, 5.74) is 0.486. The molecule has 126 valence electrons. The highest BCUT2D eigenvalue weighted by Gasteiger charge is 2.52. The van der Waals surface area contributed by atoms with E-state index in [9.17, 15) is 9.59 Å². The normalized spacial score (nSPS) is 28.8. The zero-order valence-corrected chi connectivity index (χ0v) is 13.7. The second kappa shape index (κ2) is 7.06. The number of piperidine rings is 1. The molecule has 0 aromatic heterocycles. The Balaban J connectivity index is 1.81. The highest BCUT2D eigenvalue weighted by atomic mass is 16.6. The lowest BCUT2D eigenvalue weighted by atomic mass is 9.87. The average Bonchev–Trinajstić information content (AvgIpc) is 2.88. The lowest BCUT2D eigenvalue weighted by Crippen LogP contribution is -2.55. The fourth-order valence-corrected chi connectivity index (χ4v) is 3.97. The predicted octanol–water partition coefficient (Wildman–Crippen LogP) is 1.87. The number of esters is 2. The van der Waals surface area contributed by atoms with Crippen LogP contribution in [-0.4, -0.2) is 48.7 Å². The van der Waals surface area contributed by atoms with Crippen molar-refractivity contribution in [3.05, 3.63) is 35.9 Å². The third kappa shape index (κ3) is 3.02. The van der Waals surface area contributed by atoms with Crippen LogP contribution in [0.1, 0.15) is 29.6 Å². The van der Waals surface area contributed by atoms with Gasteiger partial charge in [-0.05, 0) is 25.0 Å². The van der Waals surface area contributed by atoms with E-state index in [1.54, 1.807) is 24.3 Å². The molecule has 24 heavy (non-hydrogen) atoms. The van der Waals surface area contributed by atoms with Crippen molar-refractivity contribution in [3.8, 4) is 12.3 Å². The van der Waals surface area contributed by atoms with Crippen molar-refractivity contribution < 1.29 is 19.1 Å². The van der Waals surface area contributed by atoms with Crippen molar-refractivity contribution >= 4 is 11.9 Å². The summed E-state index contributed by atoms with van der Waals surface area (Å²) < 4.78 is 10.7. The summed E-state index contributed by atoms with van der Waals surface area (Å²) in [6.07, 6.45) is 7.42. The summed E-state index contributed by atoms with van der Waals surface area (Å²) >= 11 is 0. The maximum Gasteiger partial charge on any atom is 0.338 e. The summed E-state index contributed by atoms with van der Waals surface area (Å²) in [6.45, 7) is 0.502. The highest BCUT2D eigenvalue weighted by molar-refractivity contribution is 5.89. The van der Waals surface area contributed by atoms with Gasteiger partial charge < -0.3 is 9.47 Å². The van der Waals surface area contributed by atoms with E-state index in [1.807, 2.05) is 6.07 Å². The summed E-state index contributed by atoms with van der Waals surface area (Å²) in [6, 6.07) is 9.05. The molecular formula is C19H21NO4. The fraction of sp³-hybridized carbons (Fsp3) is 0.474. The number of carbonyl (C=O) groups is 2. The van der Waals surface area contributed by atoms with Crippen LogP contribution in [-0.2, 0) is 14.3 Å². The minimum atomic E-state index is -0.491. The number of ether oxygens (including phenoxy) is 2. The number of carbonyl (C=O) groups excluding carboxylic acids is 2. The van der Waals surface area contributed by atoms with Gasteiger partial charge in [0, 0.05) is 18.5 Å². The van der Waals surface area contributed by atoms with Crippen LogP contribution in [0.15, 0.2) is 30.3 Å². The van der Waals surface area contributed by atoms with Gasteiger partial charge in [-0.1, -0.05) is 24.1 Å². The van der Waals surface area contributed by atoms with Crippen molar-refractivity contribution in [2.45, 2.75) is 37.5 Å². The van der Waals surface area contributed by atoms with Gasteiger partial charge in [-0.15, -0.1) is 6.42 Å². The summed E-state index contributed by atoms with van der Waals surface area (Å²) in [5.74, 6) is 1.43. The quantitative estimate of drug-likeness (QED) is 0.624. The Morgan fingerprint density at radius 1 is 1.29 bits per heavy atom. The zero-order chi connectivity index (χ0) is 17.1. The number of rotatable bonds is 4. The van der Waals surface area contributed by atoms with Crippen LogP contribution < -0.4 is 0 Å². The van der Waals surface area contributed by atoms with E-state index in [0.29, 0.717) is 18.5 Å². The Morgan fingerprint density at radius 3 is 2.71 bits per heavy atom. The Hall–Kier alpha value is -2.32. The van der Waals surface area contributed by atoms with Gasteiger partial charge >= 0.3 is 11.9 Å². The number of benzene rings is 1. The molecule has 5 heteroatoms. The van der Waals surface area contributed by atoms with Gasteiger partial charge in [-0.2, -0.15) is 0 Å². The number of methoxy groups -OCH3 is 1. The second-order valence-corrected chi connectivity index (χ2v) is 6.27. The van der Waals surface area contributed by atoms with Crippen molar-refractivity contribution in [2.75, 3.05) is 13.7 Å². The van der Waals surface area contributed by atoms with Crippen LogP contribution in [0.4, 0.5) is 0 Å². The van der Waals surface area contributed by atoms with Crippen LogP contribution in [0.25, 0.3) is 0 Å². The van der Waals surface area contributed by atoms with Gasteiger partial charge in [0.25, 0.3) is 0 Å². The summed E-state index contributed by atoms with van der Waals surface area (Å²) in [7, 11) is 1.37. The van der Waals surface area contributed by atoms with Gasteiger partial charge in [-0.3, -0.25) is 9.69 Å². The number of hydrogen-bond donors (Lipinski definition) is 0. The van der Waals surface area contributed by atoms with E-state index < -0.39 is 18.0 Å². The molecule has 2 fully saturated rings. The van der Waals surface area contributed by atoms with Gasteiger partial charge in [0.2, 0.25) is 0 Å². The van der Waals surface area contributed by atoms with Crippen LogP contribution in [0.3, 0.4) is 0 Å². The Bertz CT molecular complexity index is 651. The Morgan fingerprint density at radius 2 is 2.04 bits per heavy atom. The monoisotopic (exact) mass is 327 g/mol. The Kier molecular flexibility index (Phi) is 4.86. The molecule has 0 aliphatic carbocycles. The van der Waals surface area contributed by atoms with Crippen molar-refractivity contribution in [1.82, 2.24) is 4.90 Å². The van der Waals surface area contributed by atoms with Crippen LogP contribution >= 0.6 is 0 Å². The molecule has 2 bridgehead atoms. The van der Waals surface area contributed by atoms with Gasteiger partial charge in [0.15, 0.2) is 0 Å². The first-order chi connectivity index (χ1) is 11.7. The molecule has 0 amide bonds. The molecule has 2 heterocycles. The summed E-state index contributed by atoms with van der Waals surface area (Å²) in [4.78, 5) is 26.9. The maximum atomic E-state index is 12.4. The molecule has 2 aliphatic heterocycles. The first-order valence-corrected chi connectivity index (χ1v) is 8.18. The highest BCUT2D eigenvalue weighted by Crippen LogP contribution is 2.41. The minimum Gasteiger partial charge on any atom is -0.469 e. The van der Waals surface area contributed by atoms with E-state index in [1.165, 1.54) is 7.11 Å². The van der Waals surface area contributed by atoms with Crippen LogP contribution in [0.5, 0.6) is 0 Å². The van der Waals surface area contributed by atoms with Crippen LogP contribution in [0, 0.1) is 18.3 Å². The number of fused-ring (bicyclic) bond motifs is 2. The van der Waals surface area contributed by atoms with E-state index in [2.05, 4.69) is 10.8 Å². The smallest absolute Gasteiger partial charge is 0.338 e. The molecule has 0 spiro atoms. The molecule has 2 unspecified atom stereocenters. The molecule has 0 radical (unpaired) electrons. The fourth-order valence-electron chi connectivity index (χ4n) is 3.97. The molecule has 1 aromatic carbocycles. The van der Waals surface area contributed by atoms with E-state index in [4.69, 9.17) is 15.9 Å². The van der Waals surface area contributed by atoms with E-state index in [0.717, 1.165) is 12.8 Å². The zero-order valence-electron chi connectivity index (χ0n) is 13.7. The Labute approximate surface area is 141 Å². The number of nitrogens with zero attached hydrogens (tertiary/aromatic N) is 1. The van der Waals surface area contributed by atoms with Crippen molar-refractivity contribution in [3.63, 3.8) is 0 Å². The molecule has 3 rings (SSSR count). The third-order valence-corrected chi connectivity index (χ3v) is 5.03. The summed E-state index contributed by atoms with van der Waals surface area (Å²) in [5, 5.41) is 0. The van der Waals surface area contributed by atoms with E-state index >= 15 is 0 Å². The standard InChI is InChI=1S/C19H21NO4/c1-3-11-20-14-9-10-15(20)17(19(22)23-2)16(12-14)24-18(21)13-7-5-4-6-8-13/h1,4-8,14-17H,9-12H2,2H3/t14?,15?,16-,17+/m1/s1. The molecule has 2 aliphatic rings. The SMILES string of the molecule is C#CCN1C2CCC1[C@H](C(=O)OC)[C@H](OC(=O)c1ccccc1)C2. The van der Waals surface area contributed by atoms with Gasteiger partial charge in [-0.25, -0.2) is 4.79 Å². The topological polar surface area (TPSA) is 55.8 Å². The first kappa shape index (κ1) is 16.5. The van der Waals surface area contributed by atoms with Crippen molar-refractivity contribution in [2.24, 2.45) is 5.92 Å². The third-order valence-electron chi connectivity index (χ3n) is 5.03. The van der Waals surface area contributed by atoms with Crippen LogP contribution in [0.2, 0.25) is 0 Å². The molecule has 0 saturated carbocycles. The number of hydrogen-bond acceptors (Lipinski definition) is 5. The minimum absolute atomic E-state index is 0.0270. The van der Waals surface area contributed by atoms with Gasteiger partial charge in [0.05, 0.1) is 19.2 Å². The molecule has 5 nitrogen and oxygen atoms in total. The molecule has 4 atom stereocenters. The molecule has 2 saturated heterocycles. The molecular weight excluding hydrogens is 306 g/mol. The molecule has 1 aromatic rings. The van der Waals surface area contributed by atoms with Crippen molar-refractivity contribution in [1.29, 1.82) is 0 Å². The van der Waals surface area contributed by atoms with Gasteiger partial charge in [0.1, 0.15) is 12.0 Å². The lowest BCUT2D eigenvalue weighted by Gasteiger charge is -2.41. The lowest BCUT2D eigenvalue weighted by molar-refractivity contribution is -0.156. The maximum absolute atomic E-state index is 12.4. The van der Waals surface area contributed by atoms with E-state index in [-0.39, 0.29) is 18.1 Å². The second-order valence-electron chi connectivity index (χ2n) is 6.27. The molecule has 0 N–H and O–H groups in total. The largest absolute Gasteiger partial charge is 0.469 e. The first-order valence-electron chi connectivity index (χ1n) is 8.18. The predicted molar refractivity (Wildman–Crippen MR) is 88.1 cm³/mol. The average molecular weight is 327 g/mol.